The molecule has 0 atom stereocenters. The van der Waals surface area contributed by atoms with Gasteiger partial charge in [0, 0.05) is 75.6 Å². The quantitative estimate of drug-likeness (QED) is 0.197. The van der Waals surface area contributed by atoms with Crippen LogP contribution in [-0.4, -0.2) is 124 Å². The van der Waals surface area contributed by atoms with E-state index >= 15 is 0 Å². The normalized spacial score (nSPS) is 13.9. The second kappa shape index (κ2) is 15.4. The molecule has 15 heteroatoms. The van der Waals surface area contributed by atoms with Gasteiger partial charge in [0.05, 0.1) is 17.8 Å². The van der Waals surface area contributed by atoms with Crippen molar-refractivity contribution in [3.05, 3.63) is 71.4 Å². The summed E-state index contributed by atoms with van der Waals surface area (Å²) in [6.45, 7) is 7.29. The highest BCUT2D eigenvalue weighted by Gasteiger charge is 2.26. The molecule has 5 rings (SSSR count). The lowest BCUT2D eigenvalue weighted by atomic mass is 10.1. The van der Waals surface area contributed by atoms with Gasteiger partial charge in [0.1, 0.15) is 0 Å². The van der Waals surface area contributed by atoms with Crippen LogP contribution in [0.4, 0.5) is 17.5 Å². The van der Waals surface area contributed by atoms with Gasteiger partial charge < -0.3 is 24.8 Å². The highest BCUT2D eigenvalue weighted by Crippen LogP contribution is 2.38. The van der Waals surface area contributed by atoms with Crippen LogP contribution >= 0.6 is 11.8 Å². The van der Waals surface area contributed by atoms with Gasteiger partial charge in [-0.15, -0.1) is 0 Å². The van der Waals surface area contributed by atoms with Gasteiger partial charge in [-0.25, -0.2) is 18.4 Å². The number of carbonyl (C=O) groups is 1. The van der Waals surface area contributed by atoms with Crippen LogP contribution in [0, 0.1) is 6.92 Å². The summed E-state index contributed by atoms with van der Waals surface area (Å²) < 4.78 is 32.5. The smallest absolute Gasteiger partial charge is 0.253 e. The third-order valence-corrected chi connectivity index (χ3v) is 10.4. The van der Waals surface area contributed by atoms with Gasteiger partial charge in [-0.3, -0.25) is 14.8 Å². The van der Waals surface area contributed by atoms with E-state index < -0.39 is 9.84 Å². The van der Waals surface area contributed by atoms with Crippen molar-refractivity contribution in [3.8, 4) is 5.75 Å². The first-order valence-electron chi connectivity index (χ1n) is 15.6. The Morgan fingerprint density at radius 2 is 1.75 bits per heavy atom. The van der Waals surface area contributed by atoms with Crippen LogP contribution in [0.5, 0.6) is 5.75 Å². The number of benzene rings is 2. The Kier molecular flexibility index (Phi) is 11.2. The second-order valence-electron chi connectivity index (χ2n) is 12.1. The molecule has 2 N–H and O–H groups in total. The molecule has 0 saturated carbocycles. The van der Waals surface area contributed by atoms with Crippen LogP contribution in [0.2, 0.25) is 0 Å². The zero-order chi connectivity index (χ0) is 34.4. The number of aryl methyl sites for hydroxylation is 1. The van der Waals surface area contributed by atoms with E-state index in [0.29, 0.717) is 39.5 Å². The molecule has 256 valence electrons. The molecule has 0 unspecified atom stereocenters. The second-order valence-corrected chi connectivity index (χ2v) is 15.2. The summed E-state index contributed by atoms with van der Waals surface area (Å²) in [7, 11) is 5.44. The Bertz CT molecular complexity index is 1820. The predicted molar refractivity (Wildman–Crippen MR) is 188 cm³/mol. The molecular weight excluding hydrogens is 651 g/mol. The number of ether oxygens (including phenoxy) is 1. The highest BCUT2D eigenvalue weighted by molar-refractivity contribution is 7.99. The predicted octanol–water partition coefficient (Wildman–Crippen LogP) is 3.77. The maximum atomic E-state index is 13.3. The fraction of sp³-hybridized carbons (Fsp3) is 0.394. The number of carbonyl (C=O) groups excluding carboxylic acids is 1. The van der Waals surface area contributed by atoms with E-state index in [1.54, 1.807) is 69.7 Å². The largest absolute Gasteiger partial charge is 0.490 e. The van der Waals surface area contributed by atoms with Crippen molar-refractivity contribution >= 4 is 45.0 Å². The summed E-state index contributed by atoms with van der Waals surface area (Å²) in [5.74, 6) is 1.90. The maximum Gasteiger partial charge on any atom is 0.253 e. The standard InChI is InChI=1S/C33H43N9O4S2/c1-23-20-28(38-37-23)34-30-29(46-6)31(42-18-16-41(17-19-42)15-14-39(2)3)36-33(35-30)47-26-10-12-27(13-11-26)48(44,45)22-24-8-7-9-25(21-24)32(43)40(4)5/h7-13,20-21H,14-19,22H2,1-6H3,(H2,34,35,36,37,38). The number of H-pyrrole nitrogens is 1. The summed E-state index contributed by atoms with van der Waals surface area (Å²) in [5, 5.41) is 11.0. The molecule has 0 radical (unpaired) electrons. The van der Waals surface area contributed by atoms with Crippen molar-refractivity contribution in [2.75, 3.05) is 84.8 Å². The summed E-state index contributed by atoms with van der Waals surface area (Å²) >= 11 is 1.33. The fourth-order valence-corrected chi connectivity index (χ4v) is 7.34. The van der Waals surface area contributed by atoms with Crippen molar-refractivity contribution in [3.63, 3.8) is 0 Å². The maximum absolute atomic E-state index is 13.3. The zero-order valence-electron chi connectivity index (χ0n) is 28.2. The fourth-order valence-electron chi connectivity index (χ4n) is 5.25. The lowest BCUT2D eigenvalue weighted by molar-refractivity contribution is 0.0827. The molecule has 1 aliphatic heterocycles. The minimum Gasteiger partial charge on any atom is -0.490 e. The monoisotopic (exact) mass is 693 g/mol. The molecular formula is C33H43N9O4S2. The first-order chi connectivity index (χ1) is 22.9. The Morgan fingerprint density at radius 1 is 1.02 bits per heavy atom. The number of methoxy groups -OCH3 is 1. The summed E-state index contributed by atoms with van der Waals surface area (Å²) in [4.78, 5) is 31.4. The lowest BCUT2D eigenvalue weighted by Crippen LogP contribution is -2.48. The number of anilines is 3. The molecule has 0 aliphatic carbocycles. The molecule has 2 aromatic carbocycles. The van der Waals surface area contributed by atoms with Crippen LogP contribution in [-0.2, 0) is 15.6 Å². The molecule has 1 amide bonds. The van der Waals surface area contributed by atoms with Gasteiger partial charge in [-0.1, -0.05) is 12.1 Å². The highest BCUT2D eigenvalue weighted by atomic mass is 32.2. The zero-order valence-corrected chi connectivity index (χ0v) is 29.9. The van der Waals surface area contributed by atoms with E-state index in [4.69, 9.17) is 14.7 Å². The Hall–Kier alpha value is -4.18. The van der Waals surface area contributed by atoms with Gasteiger partial charge in [-0.05, 0) is 74.7 Å². The van der Waals surface area contributed by atoms with E-state index in [-0.39, 0.29) is 16.6 Å². The lowest BCUT2D eigenvalue weighted by Gasteiger charge is -2.36. The number of sulfone groups is 1. The van der Waals surface area contributed by atoms with Crippen molar-refractivity contribution in [1.82, 2.24) is 34.9 Å². The van der Waals surface area contributed by atoms with Gasteiger partial charge >= 0.3 is 0 Å². The van der Waals surface area contributed by atoms with Crippen LogP contribution in [0.25, 0.3) is 0 Å². The first-order valence-corrected chi connectivity index (χ1v) is 18.1. The number of aromatic amines is 1. The first kappa shape index (κ1) is 35.1. The summed E-state index contributed by atoms with van der Waals surface area (Å²) in [5.41, 5.74) is 1.89. The van der Waals surface area contributed by atoms with Gasteiger partial charge in [0.15, 0.2) is 32.4 Å². The molecule has 3 heterocycles. The van der Waals surface area contributed by atoms with Crippen LogP contribution < -0.4 is 15.0 Å². The van der Waals surface area contributed by atoms with Gasteiger partial charge in [0.2, 0.25) is 5.75 Å². The van der Waals surface area contributed by atoms with Crippen LogP contribution in [0.3, 0.4) is 0 Å². The molecule has 1 aliphatic rings. The molecule has 13 nitrogen and oxygen atoms in total. The number of nitrogens with one attached hydrogen (secondary N) is 2. The summed E-state index contributed by atoms with van der Waals surface area (Å²) in [6.07, 6.45) is 0. The Labute approximate surface area is 286 Å². The van der Waals surface area contributed by atoms with E-state index in [9.17, 15) is 13.2 Å². The van der Waals surface area contributed by atoms with Gasteiger partial charge in [-0.2, -0.15) is 5.10 Å². The Balaban J connectivity index is 1.37. The van der Waals surface area contributed by atoms with E-state index in [1.807, 2.05) is 13.0 Å². The number of hydrogen-bond donors (Lipinski definition) is 2. The molecule has 1 fully saturated rings. The van der Waals surface area contributed by atoms with Crippen molar-refractivity contribution < 1.29 is 17.9 Å². The molecule has 0 spiro atoms. The van der Waals surface area contributed by atoms with Crippen molar-refractivity contribution in [2.24, 2.45) is 0 Å². The minimum absolute atomic E-state index is 0.181. The van der Waals surface area contributed by atoms with E-state index in [1.165, 1.54) is 16.7 Å². The number of amides is 1. The summed E-state index contributed by atoms with van der Waals surface area (Å²) in [6, 6.07) is 15.3. The minimum atomic E-state index is -3.66. The average Bonchev–Trinajstić information content (AvgIpc) is 3.47. The number of hydrogen-bond acceptors (Lipinski definition) is 12. The molecule has 2 aromatic heterocycles. The third-order valence-electron chi connectivity index (χ3n) is 7.85. The average molecular weight is 694 g/mol. The number of nitrogens with zero attached hydrogens (tertiary/aromatic N) is 7. The van der Waals surface area contributed by atoms with E-state index in [2.05, 4.69) is 44.3 Å². The van der Waals surface area contributed by atoms with Gasteiger partial charge in [0.25, 0.3) is 5.91 Å². The Morgan fingerprint density at radius 3 is 2.38 bits per heavy atom. The molecule has 1 saturated heterocycles. The van der Waals surface area contributed by atoms with Crippen LogP contribution in [0.1, 0.15) is 21.6 Å². The number of likely N-dealkylation sites (N-methyl/N-ethyl adjacent to an activating group) is 1. The van der Waals surface area contributed by atoms with E-state index in [0.717, 1.165) is 49.9 Å². The topological polar surface area (TPSA) is 140 Å². The SMILES string of the molecule is COc1c(Nc2cc(C)[nH]n2)nc(Sc2ccc(S(=O)(=O)Cc3cccc(C(=O)N(C)C)c3)cc2)nc1N1CCN(CCN(C)C)CC1. The molecule has 48 heavy (non-hydrogen) atoms. The molecule has 4 aromatic rings. The molecule has 0 bridgehead atoms. The third kappa shape index (κ3) is 8.83. The van der Waals surface area contributed by atoms with Crippen LogP contribution in [0.15, 0.2) is 69.5 Å². The number of rotatable bonds is 13. The van der Waals surface area contributed by atoms with Crippen molar-refractivity contribution in [1.29, 1.82) is 0 Å². The van der Waals surface area contributed by atoms with Crippen molar-refractivity contribution in [2.45, 2.75) is 27.6 Å². The number of piperazine rings is 1. The number of aromatic nitrogens is 4.